The number of aromatic amines is 1. The van der Waals surface area contributed by atoms with Crippen LogP contribution in [0.3, 0.4) is 0 Å². The minimum atomic E-state index is -0.124. The molecule has 1 aliphatic carbocycles. The minimum Gasteiger partial charge on any atom is -0.351 e. The molecule has 2 aromatic rings. The van der Waals surface area contributed by atoms with E-state index < -0.39 is 0 Å². The van der Waals surface area contributed by atoms with Crippen molar-refractivity contribution in [3.05, 3.63) is 47.0 Å². The molecule has 1 fully saturated rings. The van der Waals surface area contributed by atoms with Crippen LogP contribution in [0.25, 0.3) is 0 Å². The number of aromatic nitrogens is 2. The topological polar surface area (TPSA) is 78.1 Å². The molecule has 0 spiro atoms. The Hall–Kier alpha value is -2.63. The van der Waals surface area contributed by atoms with Crippen molar-refractivity contribution in [2.45, 2.75) is 45.6 Å². The Bertz CT molecular complexity index is 840. The third-order valence-corrected chi connectivity index (χ3v) is 5.35. The lowest BCUT2D eigenvalue weighted by molar-refractivity contribution is -0.126. The van der Waals surface area contributed by atoms with Gasteiger partial charge in [-0.25, -0.2) is 4.98 Å². The molecule has 1 aromatic carbocycles. The van der Waals surface area contributed by atoms with Gasteiger partial charge < -0.3 is 15.2 Å². The summed E-state index contributed by atoms with van der Waals surface area (Å²) in [6.07, 6.45) is 2.70. The molecule has 2 aliphatic rings. The third-order valence-electron chi connectivity index (χ3n) is 5.35. The molecule has 6 nitrogen and oxygen atoms in total. The van der Waals surface area contributed by atoms with Gasteiger partial charge in [-0.15, -0.1) is 0 Å². The second-order valence-electron chi connectivity index (χ2n) is 7.44. The number of hydrogen-bond acceptors (Lipinski definition) is 3. The molecule has 2 atom stereocenters. The van der Waals surface area contributed by atoms with Crippen LogP contribution in [0.2, 0.25) is 0 Å². The Morgan fingerprint density at radius 1 is 1.23 bits per heavy atom. The van der Waals surface area contributed by atoms with E-state index in [4.69, 9.17) is 0 Å². The summed E-state index contributed by atoms with van der Waals surface area (Å²) in [5, 5.41) is 3.09. The van der Waals surface area contributed by atoms with Gasteiger partial charge in [-0.1, -0.05) is 17.7 Å². The summed E-state index contributed by atoms with van der Waals surface area (Å²) in [6.45, 7) is 4.50. The highest BCUT2D eigenvalue weighted by Gasteiger charge is 2.34. The van der Waals surface area contributed by atoms with Gasteiger partial charge in [-0.05, 0) is 38.8 Å². The number of rotatable bonds is 3. The Morgan fingerprint density at radius 3 is 2.77 bits per heavy atom. The van der Waals surface area contributed by atoms with Crippen LogP contribution in [-0.4, -0.2) is 34.4 Å². The lowest BCUT2D eigenvalue weighted by Gasteiger charge is -2.23. The third kappa shape index (κ3) is 3.23. The van der Waals surface area contributed by atoms with Gasteiger partial charge in [-0.2, -0.15) is 0 Å². The number of fused-ring (bicyclic) bond motifs is 1. The molecule has 4 rings (SSSR count). The molecule has 26 heavy (non-hydrogen) atoms. The van der Waals surface area contributed by atoms with E-state index >= 15 is 0 Å². The first kappa shape index (κ1) is 16.8. The molecule has 2 heterocycles. The normalized spacial score (nSPS) is 22.4. The number of benzene rings is 1. The maximum absolute atomic E-state index is 12.7. The number of anilines is 1. The van der Waals surface area contributed by atoms with Crippen LogP contribution >= 0.6 is 0 Å². The molecule has 2 unspecified atom stereocenters. The first-order valence-electron chi connectivity index (χ1n) is 9.21. The number of carbonyl (C=O) groups is 2. The van der Waals surface area contributed by atoms with E-state index in [0.29, 0.717) is 19.4 Å². The number of nitrogens with zero attached hydrogens (tertiary/aromatic N) is 2. The Labute approximate surface area is 153 Å². The molecule has 1 aliphatic heterocycles. The summed E-state index contributed by atoms with van der Waals surface area (Å²) in [6, 6.07) is 7.80. The van der Waals surface area contributed by atoms with Gasteiger partial charge in [-0.3, -0.25) is 9.59 Å². The van der Waals surface area contributed by atoms with E-state index in [1.807, 2.05) is 38.1 Å². The van der Waals surface area contributed by atoms with Crippen molar-refractivity contribution in [3.63, 3.8) is 0 Å². The van der Waals surface area contributed by atoms with Gasteiger partial charge in [0.05, 0.1) is 11.7 Å². The summed E-state index contributed by atoms with van der Waals surface area (Å²) >= 11 is 0. The van der Waals surface area contributed by atoms with Crippen molar-refractivity contribution in [3.8, 4) is 0 Å². The minimum absolute atomic E-state index is 0.0476. The van der Waals surface area contributed by atoms with Crippen molar-refractivity contribution >= 4 is 17.5 Å². The number of hydrogen-bond donors (Lipinski definition) is 2. The molecular weight excluding hydrogens is 328 g/mol. The Morgan fingerprint density at radius 2 is 2.00 bits per heavy atom. The average Bonchev–Trinajstić information content (AvgIpc) is 3.16. The van der Waals surface area contributed by atoms with Crippen molar-refractivity contribution in [2.24, 2.45) is 5.92 Å². The number of amides is 2. The SMILES string of the molecule is Cc1ccc(N2CC(NC(=O)C3CCc4nc(C)[nH]c4C3)CC2=O)cc1. The van der Waals surface area contributed by atoms with Crippen molar-refractivity contribution in [1.29, 1.82) is 0 Å². The zero-order valence-electron chi connectivity index (χ0n) is 15.2. The second kappa shape index (κ2) is 6.59. The average molecular weight is 352 g/mol. The maximum Gasteiger partial charge on any atom is 0.229 e. The number of nitrogens with one attached hydrogen (secondary N) is 2. The molecule has 1 aromatic heterocycles. The predicted octanol–water partition coefficient (Wildman–Crippen LogP) is 2.05. The Kier molecular flexibility index (Phi) is 4.26. The van der Waals surface area contributed by atoms with Crippen LogP contribution < -0.4 is 10.2 Å². The molecule has 0 radical (unpaired) electrons. The summed E-state index contributed by atoms with van der Waals surface area (Å²) in [5.41, 5.74) is 4.23. The molecule has 0 saturated carbocycles. The van der Waals surface area contributed by atoms with Gasteiger partial charge in [0, 0.05) is 36.7 Å². The number of aryl methyl sites for hydroxylation is 3. The van der Waals surface area contributed by atoms with Gasteiger partial charge in [0.25, 0.3) is 0 Å². The van der Waals surface area contributed by atoms with E-state index in [1.54, 1.807) is 4.90 Å². The second-order valence-corrected chi connectivity index (χ2v) is 7.44. The fourth-order valence-electron chi connectivity index (χ4n) is 3.94. The fourth-order valence-corrected chi connectivity index (χ4v) is 3.94. The van der Waals surface area contributed by atoms with Gasteiger partial charge in [0.15, 0.2) is 0 Å². The number of H-pyrrole nitrogens is 1. The highest BCUT2D eigenvalue weighted by Crippen LogP contribution is 2.26. The highest BCUT2D eigenvalue weighted by atomic mass is 16.2. The quantitative estimate of drug-likeness (QED) is 0.887. The molecule has 1 saturated heterocycles. The van der Waals surface area contributed by atoms with Gasteiger partial charge in [0.2, 0.25) is 11.8 Å². The van der Waals surface area contributed by atoms with Crippen LogP contribution in [0.15, 0.2) is 24.3 Å². The largest absolute Gasteiger partial charge is 0.351 e. The monoisotopic (exact) mass is 352 g/mol. The molecule has 136 valence electrons. The molecule has 2 amide bonds. The van der Waals surface area contributed by atoms with E-state index in [0.717, 1.165) is 41.3 Å². The maximum atomic E-state index is 12.7. The van der Waals surface area contributed by atoms with E-state index in [1.165, 1.54) is 0 Å². The van der Waals surface area contributed by atoms with Gasteiger partial charge >= 0.3 is 0 Å². The Balaban J connectivity index is 1.38. The van der Waals surface area contributed by atoms with Crippen LogP contribution in [0, 0.1) is 19.8 Å². The molecule has 2 N–H and O–H groups in total. The van der Waals surface area contributed by atoms with E-state index in [2.05, 4.69) is 15.3 Å². The standard InChI is InChI=1S/C20H24N4O2/c1-12-3-6-16(7-4-12)24-11-15(10-19(24)25)23-20(26)14-5-8-17-18(9-14)22-13(2)21-17/h3-4,6-7,14-15H,5,8-11H2,1-2H3,(H,21,22)(H,23,26). The smallest absolute Gasteiger partial charge is 0.229 e. The van der Waals surface area contributed by atoms with Crippen molar-refractivity contribution in [1.82, 2.24) is 15.3 Å². The summed E-state index contributed by atoms with van der Waals surface area (Å²) in [4.78, 5) is 34.5. The summed E-state index contributed by atoms with van der Waals surface area (Å²) in [7, 11) is 0. The van der Waals surface area contributed by atoms with Crippen LogP contribution in [0.4, 0.5) is 5.69 Å². The highest BCUT2D eigenvalue weighted by molar-refractivity contribution is 5.97. The lowest BCUT2D eigenvalue weighted by Crippen LogP contribution is -2.42. The molecule has 6 heteroatoms. The zero-order valence-corrected chi connectivity index (χ0v) is 15.2. The summed E-state index contributed by atoms with van der Waals surface area (Å²) in [5.74, 6) is 0.970. The molecular formula is C20H24N4O2. The zero-order chi connectivity index (χ0) is 18.3. The van der Waals surface area contributed by atoms with Gasteiger partial charge in [0.1, 0.15) is 5.82 Å². The first-order valence-corrected chi connectivity index (χ1v) is 9.21. The summed E-state index contributed by atoms with van der Waals surface area (Å²) < 4.78 is 0. The lowest BCUT2D eigenvalue weighted by atomic mass is 9.89. The van der Waals surface area contributed by atoms with E-state index in [9.17, 15) is 9.59 Å². The van der Waals surface area contributed by atoms with Crippen LogP contribution in [0.5, 0.6) is 0 Å². The number of carbonyl (C=O) groups excluding carboxylic acids is 2. The van der Waals surface area contributed by atoms with Crippen molar-refractivity contribution in [2.75, 3.05) is 11.4 Å². The first-order chi connectivity index (χ1) is 12.5. The van der Waals surface area contributed by atoms with Crippen molar-refractivity contribution < 1.29 is 9.59 Å². The predicted molar refractivity (Wildman–Crippen MR) is 98.9 cm³/mol. The fraction of sp³-hybridized carbons (Fsp3) is 0.450. The number of imidazole rings is 1. The van der Waals surface area contributed by atoms with Crippen LogP contribution in [-0.2, 0) is 22.4 Å². The van der Waals surface area contributed by atoms with E-state index in [-0.39, 0.29) is 23.8 Å². The van der Waals surface area contributed by atoms with Crippen LogP contribution in [0.1, 0.15) is 35.6 Å². The molecule has 0 bridgehead atoms.